The lowest BCUT2D eigenvalue weighted by atomic mass is 10.3. The summed E-state index contributed by atoms with van der Waals surface area (Å²) >= 11 is 4.65. The van der Waals surface area contributed by atoms with E-state index in [9.17, 15) is 9.59 Å². The minimum Gasteiger partial charge on any atom is -0.444 e. The first-order chi connectivity index (χ1) is 10.6. The Hall–Kier alpha value is -1.60. The van der Waals surface area contributed by atoms with Gasteiger partial charge in [0.15, 0.2) is 10.4 Å². The molecular weight excluding hydrogens is 368 g/mol. The summed E-state index contributed by atoms with van der Waals surface area (Å²) in [7, 11) is 0. The summed E-state index contributed by atoms with van der Waals surface area (Å²) in [6.45, 7) is 2.37. The zero-order valence-electron chi connectivity index (χ0n) is 11.8. The minimum atomic E-state index is -0.129. The quantitative estimate of drug-likeness (QED) is 0.801. The molecule has 1 aliphatic heterocycles. The molecule has 2 amide bonds. The van der Waals surface area contributed by atoms with E-state index in [-0.39, 0.29) is 11.8 Å². The standard InChI is InChI=1S/C15H15BrN2O3S/c16-13-5-4-11(21-13)14(19)17-6-2-7-18(9-8-17)15(20)12-3-1-10-22-12/h1,3-5,10H,2,6-9H2. The highest BCUT2D eigenvalue weighted by molar-refractivity contribution is 9.10. The molecule has 3 rings (SSSR count). The first-order valence-corrected chi connectivity index (χ1v) is 8.70. The van der Waals surface area contributed by atoms with Crippen LogP contribution in [0.1, 0.15) is 26.6 Å². The molecular formula is C15H15BrN2O3S. The lowest BCUT2D eigenvalue weighted by molar-refractivity contribution is 0.0701. The first-order valence-electron chi connectivity index (χ1n) is 7.02. The molecule has 2 aromatic heterocycles. The maximum Gasteiger partial charge on any atom is 0.289 e. The molecule has 0 atom stereocenters. The normalized spacial score (nSPS) is 15.7. The van der Waals surface area contributed by atoms with Crippen molar-refractivity contribution in [1.82, 2.24) is 9.80 Å². The van der Waals surface area contributed by atoms with Crippen LogP contribution in [0.5, 0.6) is 0 Å². The van der Waals surface area contributed by atoms with E-state index in [1.807, 2.05) is 22.4 Å². The zero-order chi connectivity index (χ0) is 15.5. The van der Waals surface area contributed by atoms with E-state index in [2.05, 4.69) is 15.9 Å². The Bertz CT molecular complexity index is 668. The van der Waals surface area contributed by atoms with E-state index >= 15 is 0 Å². The van der Waals surface area contributed by atoms with Gasteiger partial charge < -0.3 is 14.2 Å². The molecule has 0 bridgehead atoms. The second-order valence-corrected chi connectivity index (χ2v) is 6.75. The van der Waals surface area contributed by atoms with Gasteiger partial charge in [-0.25, -0.2) is 0 Å². The predicted molar refractivity (Wildman–Crippen MR) is 87.2 cm³/mol. The molecule has 0 aromatic carbocycles. The van der Waals surface area contributed by atoms with Crippen LogP contribution < -0.4 is 0 Å². The molecule has 1 fully saturated rings. The van der Waals surface area contributed by atoms with Crippen molar-refractivity contribution in [3.05, 3.63) is 45.0 Å². The summed E-state index contributed by atoms with van der Waals surface area (Å²) < 4.78 is 5.86. The van der Waals surface area contributed by atoms with E-state index in [4.69, 9.17) is 4.42 Å². The van der Waals surface area contributed by atoms with Gasteiger partial charge in [-0.2, -0.15) is 0 Å². The van der Waals surface area contributed by atoms with Crippen LogP contribution in [0.15, 0.2) is 38.7 Å². The third-order valence-corrected chi connectivity index (χ3v) is 4.87. The third kappa shape index (κ3) is 3.25. The van der Waals surface area contributed by atoms with Crippen LogP contribution in [0.4, 0.5) is 0 Å². The summed E-state index contributed by atoms with van der Waals surface area (Å²) in [6, 6.07) is 7.07. The maximum absolute atomic E-state index is 12.4. The average molecular weight is 383 g/mol. The molecule has 1 saturated heterocycles. The summed E-state index contributed by atoms with van der Waals surface area (Å²) in [5, 5.41) is 1.90. The Kier molecular flexibility index (Phi) is 4.63. The van der Waals surface area contributed by atoms with Crippen molar-refractivity contribution >= 4 is 39.1 Å². The van der Waals surface area contributed by atoms with E-state index in [1.54, 1.807) is 17.0 Å². The smallest absolute Gasteiger partial charge is 0.289 e. The number of nitrogens with zero attached hydrogens (tertiary/aromatic N) is 2. The van der Waals surface area contributed by atoms with Crippen LogP contribution in [-0.2, 0) is 0 Å². The minimum absolute atomic E-state index is 0.0463. The highest BCUT2D eigenvalue weighted by Gasteiger charge is 2.25. The van der Waals surface area contributed by atoms with E-state index in [1.165, 1.54) is 11.3 Å². The lowest BCUT2D eigenvalue weighted by Gasteiger charge is -2.21. The number of hydrogen-bond acceptors (Lipinski definition) is 4. The highest BCUT2D eigenvalue weighted by Crippen LogP contribution is 2.18. The second kappa shape index (κ2) is 6.66. The predicted octanol–water partition coefficient (Wildman–Crippen LogP) is 3.09. The molecule has 0 N–H and O–H groups in total. The average Bonchev–Trinajstić information content (AvgIpc) is 3.13. The van der Waals surface area contributed by atoms with Gasteiger partial charge in [0.05, 0.1) is 4.88 Å². The van der Waals surface area contributed by atoms with Gasteiger partial charge >= 0.3 is 0 Å². The highest BCUT2D eigenvalue weighted by atomic mass is 79.9. The Balaban J connectivity index is 1.65. The van der Waals surface area contributed by atoms with Crippen molar-refractivity contribution in [2.45, 2.75) is 6.42 Å². The monoisotopic (exact) mass is 382 g/mol. The van der Waals surface area contributed by atoms with Crippen LogP contribution in [0, 0.1) is 0 Å². The van der Waals surface area contributed by atoms with E-state index in [0.29, 0.717) is 36.6 Å². The van der Waals surface area contributed by atoms with Gasteiger partial charge in [0.25, 0.3) is 11.8 Å². The molecule has 0 spiro atoms. The molecule has 5 nitrogen and oxygen atoms in total. The fourth-order valence-corrected chi connectivity index (χ4v) is 3.46. The molecule has 0 aliphatic carbocycles. The third-order valence-electron chi connectivity index (χ3n) is 3.59. The second-order valence-electron chi connectivity index (χ2n) is 5.02. The Morgan fingerprint density at radius 3 is 2.36 bits per heavy atom. The van der Waals surface area contributed by atoms with Crippen LogP contribution in [0.2, 0.25) is 0 Å². The number of furan rings is 1. The molecule has 0 saturated carbocycles. The molecule has 0 unspecified atom stereocenters. The largest absolute Gasteiger partial charge is 0.444 e. The zero-order valence-corrected chi connectivity index (χ0v) is 14.2. The lowest BCUT2D eigenvalue weighted by Crippen LogP contribution is -2.37. The topological polar surface area (TPSA) is 53.8 Å². The summed E-state index contributed by atoms with van der Waals surface area (Å²) in [5.41, 5.74) is 0. The summed E-state index contributed by atoms with van der Waals surface area (Å²) in [5.74, 6) is 0.242. The number of thiophene rings is 1. The van der Waals surface area contributed by atoms with Gasteiger partial charge in [-0.1, -0.05) is 6.07 Å². The number of carbonyl (C=O) groups is 2. The Labute approximate surface area is 140 Å². The van der Waals surface area contributed by atoms with Crippen molar-refractivity contribution in [2.75, 3.05) is 26.2 Å². The van der Waals surface area contributed by atoms with E-state index in [0.717, 1.165) is 11.3 Å². The molecule has 2 aromatic rings. The van der Waals surface area contributed by atoms with Crippen LogP contribution in [0.25, 0.3) is 0 Å². The molecule has 1 aliphatic rings. The number of carbonyl (C=O) groups excluding carboxylic acids is 2. The van der Waals surface area contributed by atoms with Crippen molar-refractivity contribution in [3.8, 4) is 0 Å². The summed E-state index contributed by atoms with van der Waals surface area (Å²) in [6.07, 6.45) is 0.769. The molecule has 0 radical (unpaired) electrons. The number of halogens is 1. The Morgan fingerprint density at radius 1 is 1.05 bits per heavy atom. The van der Waals surface area contributed by atoms with Crippen molar-refractivity contribution in [2.24, 2.45) is 0 Å². The van der Waals surface area contributed by atoms with Crippen LogP contribution in [-0.4, -0.2) is 47.8 Å². The number of amides is 2. The van der Waals surface area contributed by atoms with Crippen LogP contribution in [0.3, 0.4) is 0 Å². The summed E-state index contributed by atoms with van der Waals surface area (Å²) in [4.78, 5) is 29.1. The van der Waals surface area contributed by atoms with Crippen molar-refractivity contribution < 1.29 is 14.0 Å². The SMILES string of the molecule is O=C(c1ccc(Br)o1)N1CCCN(C(=O)c2cccs2)CC1. The fraction of sp³-hybridized carbons (Fsp3) is 0.333. The number of hydrogen-bond donors (Lipinski definition) is 0. The van der Waals surface area contributed by atoms with Gasteiger partial charge in [0, 0.05) is 26.2 Å². The fourth-order valence-electron chi connectivity index (χ4n) is 2.46. The van der Waals surface area contributed by atoms with Crippen molar-refractivity contribution in [3.63, 3.8) is 0 Å². The van der Waals surface area contributed by atoms with Gasteiger partial charge in [0.2, 0.25) is 0 Å². The number of rotatable bonds is 2. The van der Waals surface area contributed by atoms with Gasteiger partial charge in [-0.05, 0) is 45.9 Å². The molecule has 116 valence electrons. The van der Waals surface area contributed by atoms with Gasteiger partial charge in [-0.15, -0.1) is 11.3 Å². The van der Waals surface area contributed by atoms with Gasteiger partial charge in [0.1, 0.15) is 0 Å². The molecule has 22 heavy (non-hydrogen) atoms. The Morgan fingerprint density at radius 2 is 1.77 bits per heavy atom. The first kappa shape index (κ1) is 15.3. The van der Waals surface area contributed by atoms with Crippen molar-refractivity contribution in [1.29, 1.82) is 0 Å². The molecule has 7 heteroatoms. The maximum atomic E-state index is 12.4. The van der Waals surface area contributed by atoms with E-state index < -0.39 is 0 Å². The molecule has 3 heterocycles. The van der Waals surface area contributed by atoms with Crippen LogP contribution >= 0.6 is 27.3 Å². The van der Waals surface area contributed by atoms with Gasteiger partial charge in [-0.3, -0.25) is 9.59 Å².